The topological polar surface area (TPSA) is 58.4 Å². The minimum absolute atomic E-state index is 0.0255. The second-order valence-corrected chi connectivity index (χ2v) is 4.07. The van der Waals surface area contributed by atoms with Crippen molar-refractivity contribution in [2.75, 3.05) is 19.6 Å². The van der Waals surface area contributed by atoms with Gasteiger partial charge in [0.1, 0.15) is 0 Å². The number of amides is 1. The van der Waals surface area contributed by atoms with Crippen molar-refractivity contribution in [2.24, 2.45) is 5.73 Å². The molecule has 1 aliphatic heterocycles. The van der Waals surface area contributed by atoms with Crippen LogP contribution in [0.3, 0.4) is 0 Å². The average molecular weight is 199 g/mol. The molecule has 0 aromatic carbocycles. The third-order valence-corrected chi connectivity index (χ3v) is 2.70. The van der Waals surface area contributed by atoms with Crippen molar-refractivity contribution >= 4 is 5.91 Å². The second kappa shape index (κ2) is 5.32. The van der Waals surface area contributed by atoms with Crippen LogP contribution in [0.5, 0.6) is 0 Å². The maximum absolute atomic E-state index is 11.7. The molecule has 0 aliphatic carbocycles. The summed E-state index contributed by atoms with van der Waals surface area (Å²) in [4.78, 5) is 14.0. The summed E-state index contributed by atoms with van der Waals surface area (Å²) in [7, 11) is 0. The van der Waals surface area contributed by atoms with Gasteiger partial charge in [-0.1, -0.05) is 0 Å². The van der Waals surface area contributed by atoms with Gasteiger partial charge in [0.2, 0.25) is 5.91 Å². The Balaban J connectivity index is 2.70. The Morgan fingerprint density at radius 3 is 2.93 bits per heavy atom. The molecule has 1 heterocycles. The molecule has 0 aromatic rings. The summed E-state index contributed by atoms with van der Waals surface area (Å²) in [5, 5.41) is 2.93. The van der Waals surface area contributed by atoms with E-state index in [1.165, 1.54) is 0 Å². The highest BCUT2D eigenvalue weighted by Crippen LogP contribution is 2.12. The Hall–Kier alpha value is -0.610. The normalized spacial score (nSPS) is 24.9. The average Bonchev–Trinajstić information content (AvgIpc) is 2.30. The number of carbonyl (C=O) groups is 1. The second-order valence-electron chi connectivity index (χ2n) is 4.07. The van der Waals surface area contributed by atoms with Crippen LogP contribution in [0.1, 0.15) is 26.7 Å². The van der Waals surface area contributed by atoms with Gasteiger partial charge >= 0.3 is 0 Å². The van der Waals surface area contributed by atoms with E-state index in [0.29, 0.717) is 12.6 Å². The van der Waals surface area contributed by atoms with E-state index in [1.54, 1.807) is 0 Å². The first-order valence-corrected chi connectivity index (χ1v) is 5.40. The smallest absolute Gasteiger partial charge is 0.237 e. The molecule has 82 valence electrons. The van der Waals surface area contributed by atoms with Gasteiger partial charge in [0, 0.05) is 19.1 Å². The lowest BCUT2D eigenvalue weighted by Gasteiger charge is -2.31. The Labute approximate surface area is 85.8 Å². The maximum atomic E-state index is 11.7. The Kier molecular flexibility index (Phi) is 4.35. The Morgan fingerprint density at radius 1 is 1.64 bits per heavy atom. The van der Waals surface area contributed by atoms with Crippen LogP contribution in [0.15, 0.2) is 0 Å². The summed E-state index contributed by atoms with van der Waals surface area (Å²) in [5.74, 6) is 0.140. The lowest BCUT2D eigenvalue weighted by Crippen LogP contribution is -2.48. The first-order valence-electron chi connectivity index (χ1n) is 5.40. The summed E-state index contributed by atoms with van der Waals surface area (Å²) in [5.41, 5.74) is 5.53. The minimum atomic E-state index is -0.0255. The summed E-state index contributed by atoms with van der Waals surface area (Å²) >= 11 is 0. The van der Waals surface area contributed by atoms with Gasteiger partial charge in [-0.25, -0.2) is 0 Å². The van der Waals surface area contributed by atoms with Gasteiger partial charge in [-0.05, 0) is 33.2 Å². The zero-order valence-corrected chi connectivity index (χ0v) is 9.12. The number of rotatable bonds is 3. The molecule has 1 atom stereocenters. The van der Waals surface area contributed by atoms with Gasteiger partial charge in [0.15, 0.2) is 0 Å². The van der Waals surface area contributed by atoms with Gasteiger partial charge < -0.3 is 11.1 Å². The van der Waals surface area contributed by atoms with Gasteiger partial charge in [0.25, 0.3) is 0 Å². The van der Waals surface area contributed by atoms with E-state index < -0.39 is 0 Å². The van der Waals surface area contributed by atoms with E-state index in [2.05, 4.69) is 24.1 Å². The highest BCUT2D eigenvalue weighted by molar-refractivity contribution is 5.82. The fraction of sp³-hybridized carbons (Fsp3) is 0.900. The molecule has 0 spiro atoms. The van der Waals surface area contributed by atoms with E-state index in [-0.39, 0.29) is 11.9 Å². The molecule has 0 saturated carbocycles. The minimum Gasteiger partial charge on any atom is -0.355 e. The molecular weight excluding hydrogens is 178 g/mol. The predicted molar refractivity (Wildman–Crippen MR) is 56.9 cm³/mol. The standard InChI is InChI=1S/C10H21N3O/c1-8(2)13-7-3-6-12-10(14)9(13)4-5-11/h8-9H,3-7,11H2,1-2H3,(H,12,14). The molecule has 1 rings (SSSR count). The van der Waals surface area contributed by atoms with Crippen LogP contribution < -0.4 is 11.1 Å². The van der Waals surface area contributed by atoms with E-state index >= 15 is 0 Å². The SMILES string of the molecule is CC(C)N1CCCNC(=O)C1CCN. The van der Waals surface area contributed by atoms with Crippen LogP contribution in [0.25, 0.3) is 0 Å². The lowest BCUT2D eigenvalue weighted by molar-refractivity contribution is -0.126. The predicted octanol–water partition coefficient (Wildman–Crippen LogP) is -0.0659. The first kappa shape index (κ1) is 11.5. The molecule has 3 N–H and O–H groups in total. The zero-order valence-electron chi connectivity index (χ0n) is 9.12. The highest BCUT2D eigenvalue weighted by atomic mass is 16.2. The fourth-order valence-corrected chi connectivity index (χ4v) is 1.97. The summed E-state index contributed by atoms with van der Waals surface area (Å²) in [6.45, 7) is 6.61. The third-order valence-electron chi connectivity index (χ3n) is 2.70. The van der Waals surface area contributed by atoms with Crippen LogP contribution in [-0.2, 0) is 4.79 Å². The number of nitrogens with two attached hydrogens (primary N) is 1. The van der Waals surface area contributed by atoms with Crippen molar-refractivity contribution in [1.29, 1.82) is 0 Å². The molecule has 1 amide bonds. The molecule has 1 saturated heterocycles. The van der Waals surface area contributed by atoms with E-state index in [4.69, 9.17) is 5.73 Å². The molecule has 0 bridgehead atoms. The van der Waals surface area contributed by atoms with E-state index in [1.807, 2.05) is 0 Å². The van der Waals surface area contributed by atoms with Crippen LogP contribution in [0.4, 0.5) is 0 Å². The largest absolute Gasteiger partial charge is 0.355 e. The molecule has 14 heavy (non-hydrogen) atoms. The van der Waals surface area contributed by atoms with E-state index in [9.17, 15) is 4.79 Å². The summed E-state index contributed by atoms with van der Waals surface area (Å²) in [6, 6.07) is 0.387. The highest BCUT2D eigenvalue weighted by Gasteiger charge is 2.28. The molecule has 1 fully saturated rings. The molecule has 4 nitrogen and oxygen atoms in total. The number of hydrogen-bond donors (Lipinski definition) is 2. The van der Waals surface area contributed by atoms with Crippen LogP contribution in [-0.4, -0.2) is 42.5 Å². The quantitative estimate of drug-likeness (QED) is 0.669. The van der Waals surface area contributed by atoms with Crippen molar-refractivity contribution < 1.29 is 4.79 Å². The number of carbonyl (C=O) groups excluding carboxylic acids is 1. The summed E-state index contributed by atoms with van der Waals surface area (Å²) in [6.07, 6.45) is 1.79. The van der Waals surface area contributed by atoms with Gasteiger partial charge in [0.05, 0.1) is 6.04 Å². The van der Waals surface area contributed by atoms with Gasteiger partial charge in [-0.2, -0.15) is 0 Å². The van der Waals surface area contributed by atoms with E-state index in [0.717, 1.165) is 25.9 Å². The number of nitrogens with zero attached hydrogens (tertiary/aromatic N) is 1. The van der Waals surface area contributed by atoms with Gasteiger partial charge in [-0.15, -0.1) is 0 Å². The van der Waals surface area contributed by atoms with Crippen LogP contribution >= 0.6 is 0 Å². The molecule has 0 radical (unpaired) electrons. The maximum Gasteiger partial charge on any atom is 0.237 e. The zero-order chi connectivity index (χ0) is 10.6. The number of hydrogen-bond acceptors (Lipinski definition) is 3. The van der Waals surface area contributed by atoms with Crippen molar-refractivity contribution in [2.45, 2.75) is 38.8 Å². The van der Waals surface area contributed by atoms with Crippen LogP contribution in [0, 0.1) is 0 Å². The number of nitrogens with one attached hydrogen (secondary N) is 1. The molecule has 1 unspecified atom stereocenters. The van der Waals surface area contributed by atoms with Gasteiger partial charge in [-0.3, -0.25) is 9.69 Å². The molecular formula is C10H21N3O. The third kappa shape index (κ3) is 2.69. The first-order chi connectivity index (χ1) is 6.66. The van der Waals surface area contributed by atoms with Crippen molar-refractivity contribution in [3.63, 3.8) is 0 Å². The molecule has 0 aromatic heterocycles. The Bertz CT molecular complexity index is 194. The lowest BCUT2D eigenvalue weighted by atomic mass is 10.1. The molecule has 1 aliphatic rings. The van der Waals surface area contributed by atoms with Crippen molar-refractivity contribution in [1.82, 2.24) is 10.2 Å². The van der Waals surface area contributed by atoms with Crippen molar-refractivity contribution in [3.05, 3.63) is 0 Å². The summed E-state index contributed by atoms with van der Waals surface area (Å²) < 4.78 is 0. The fourth-order valence-electron chi connectivity index (χ4n) is 1.97. The molecule has 4 heteroatoms. The van der Waals surface area contributed by atoms with Crippen LogP contribution in [0.2, 0.25) is 0 Å². The Morgan fingerprint density at radius 2 is 2.36 bits per heavy atom. The monoisotopic (exact) mass is 199 g/mol. The van der Waals surface area contributed by atoms with Crippen molar-refractivity contribution in [3.8, 4) is 0 Å².